The second-order valence-corrected chi connectivity index (χ2v) is 4.91. The quantitative estimate of drug-likeness (QED) is 0.854. The lowest BCUT2D eigenvalue weighted by molar-refractivity contribution is -0.148. The van der Waals surface area contributed by atoms with E-state index in [2.05, 4.69) is 0 Å². The second kappa shape index (κ2) is 6.92. The predicted molar refractivity (Wildman–Crippen MR) is 73.7 cm³/mol. The lowest BCUT2D eigenvalue weighted by Crippen LogP contribution is -2.37. The van der Waals surface area contributed by atoms with Gasteiger partial charge in [-0.2, -0.15) is 0 Å². The van der Waals surface area contributed by atoms with Gasteiger partial charge in [-0.1, -0.05) is 44.2 Å². The van der Waals surface area contributed by atoms with E-state index in [-0.39, 0.29) is 5.91 Å². The Morgan fingerprint density at radius 1 is 1.16 bits per heavy atom. The number of likely N-dealkylation sites (N-methyl/N-ethyl adjacent to an activating group) is 1. The molecule has 0 saturated heterocycles. The summed E-state index contributed by atoms with van der Waals surface area (Å²) in [6.45, 7) is 3.83. The fraction of sp³-hybridized carbons (Fsp3) is 0.467. The van der Waals surface area contributed by atoms with E-state index in [1.54, 1.807) is 25.8 Å². The molecule has 4 heteroatoms. The van der Waals surface area contributed by atoms with Crippen LogP contribution in [0.2, 0.25) is 0 Å². The molecule has 0 aromatic heterocycles. The Balaban J connectivity index is 2.51. The van der Waals surface area contributed by atoms with E-state index in [0.717, 1.165) is 6.42 Å². The summed E-state index contributed by atoms with van der Waals surface area (Å²) in [4.78, 5) is 24.6. The van der Waals surface area contributed by atoms with Gasteiger partial charge in [-0.25, -0.2) is 0 Å². The van der Waals surface area contributed by atoms with Gasteiger partial charge in [0.25, 0.3) is 0 Å². The zero-order valence-corrected chi connectivity index (χ0v) is 11.7. The van der Waals surface area contributed by atoms with Gasteiger partial charge in [0, 0.05) is 19.5 Å². The highest BCUT2D eigenvalue weighted by atomic mass is 16.4. The van der Waals surface area contributed by atoms with Gasteiger partial charge in [0.1, 0.15) is 0 Å². The number of carbonyl (C=O) groups excluding carboxylic acids is 1. The van der Waals surface area contributed by atoms with Crippen molar-refractivity contribution < 1.29 is 14.7 Å². The fourth-order valence-corrected chi connectivity index (χ4v) is 1.83. The van der Waals surface area contributed by atoms with E-state index in [9.17, 15) is 9.59 Å². The van der Waals surface area contributed by atoms with Crippen molar-refractivity contribution in [2.75, 3.05) is 13.6 Å². The monoisotopic (exact) mass is 263 g/mol. The molecular formula is C15H21NO3. The number of rotatable bonds is 6. The van der Waals surface area contributed by atoms with E-state index < -0.39 is 17.8 Å². The predicted octanol–water partition coefficient (Wildman–Crippen LogP) is 2.04. The molecule has 1 N–H and O–H groups in total. The Morgan fingerprint density at radius 3 is 2.26 bits per heavy atom. The average Bonchev–Trinajstić information content (AvgIpc) is 2.43. The summed E-state index contributed by atoms with van der Waals surface area (Å²) in [5.74, 6) is -2.21. The molecule has 104 valence electrons. The number of nitrogens with zero attached hydrogens (tertiary/aromatic N) is 1. The highest BCUT2D eigenvalue weighted by molar-refractivity contribution is 5.84. The molecule has 0 aliphatic rings. The van der Waals surface area contributed by atoms with E-state index in [0.29, 0.717) is 6.54 Å². The molecule has 0 heterocycles. The minimum atomic E-state index is -0.933. The van der Waals surface area contributed by atoms with E-state index in [4.69, 9.17) is 5.11 Å². The molecule has 1 rings (SSSR count). The molecule has 1 aromatic rings. The van der Waals surface area contributed by atoms with Crippen LogP contribution in [0, 0.1) is 11.8 Å². The first-order valence-electron chi connectivity index (χ1n) is 6.45. The standard InChI is InChI=1S/C15H21NO3/c1-11(12(2)15(18)19)14(17)16(3)10-9-13-7-5-4-6-8-13/h4-8,11-12H,9-10H2,1-3H3,(H,18,19). The van der Waals surface area contributed by atoms with Crippen LogP contribution in [0.1, 0.15) is 19.4 Å². The molecule has 0 aliphatic heterocycles. The molecule has 2 unspecified atom stereocenters. The van der Waals surface area contributed by atoms with Crippen LogP contribution >= 0.6 is 0 Å². The normalized spacial score (nSPS) is 13.6. The number of carbonyl (C=O) groups is 2. The first kappa shape index (κ1) is 15.2. The Kier molecular flexibility index (Phi) is 5.55. The lowest BCUT2D eigenvalue weighted by Gasteiger charge is -2.23. The minimum absolute atomic E-state index is 0.120. The van der Waals surface area contributed by atoms with Gasteiger partial charge in [-0.15, -0.1) is 0 Å². The van der Waals surface area contributed by atoms with Gasteiger partial charge in [0.2, 0.25) is 5.91 Å². The summed E-state index contributed by atoms with van der Waals surface area (Å²) in [6, 6.07) is 9.91. The van der Waals surface area contributed by atoms with Gasteiger partial charge in [-0.3, -0.25) is 9.59 Å². The summed E-state index contributed by atoms with van der Waals surface area (Å²) in [7, 11) is 1.72. The maximum atomic E-state index is 12.1. The zero-order chi connectivity index (χ0) is 14.4. The van der Waals surface area contributed by atoms with Gasteiger partial charge >= 0.3 is 5.97 Å². The second-order valence-electron chi connectivity index (χ2n) is 4.91. The number of aliphatic carboxylic acids is 1. The van der Waals surface area contributed by atoms with Crippen LogP contribution in [-0.4, -0.2) is 35.5 Å². The molecular weight excluding hydrogens is 242 g/mol. The van der Waals surface area contributed by atoms with Crippen molar-refractivity contribution in [2.24, 2.45) is 11.8 Å². The van der Waals surface area contributed by atoms with Crippen molar-refractivity contribution in [1.82, 2.24) is 4.90 Å². The van der Waals surface area contributed by atoms with Crippen molar-refractivity contribution >= 4 is 11.9 Å². The highest BCUT2D eigenvalue weighted by Gasteiger charge is 2.27. The first-order chi connectivity index (χ1) is 8.93. The third kappa shape index (κ3) is 4.39. The van der Waals surface area contributed by atoms with E-state index in [1.165, 1.54) is 5.56 Å². The molecule has 0 aliphatic carbocycles. The Bertz CT molecular complexity index is 430. The van der Waals surface area contributed by atoms with Gasteiger partial charge in [-0.05, 0) is 12.0 Å². The number of benzene rings is 1. The third-order valence-corrected chi connectivity index (χ3v) is 3.48. The van der Waals surface area contributed by atoms with Gasteiger partial charge < -0.3 is 10.0 Å². The summed E-state index contributed by atoms with van der Waals surface area (Å²) in [5, 5.41) is 8.92. The van der Waals surface area contributed by atoms with Crippen molar-refractivity contribution in [3.8, 4) is 0 Å². The summed E-state index contributed by atoms with van der Waals surface area (Å²) >= 11 is 0. The topological polar surface area (TPSA) is 57.6 Å². The molecule has 4 nitrogen and oxygen atoms in total. The van der Waals surface area contributed by atoms with Crippen molar-refractivity contribution in [3.05, 3.63) is 35.9 Å². The number of hydrogen-bond donors (Lipinski definition) is 1. The molecule has 1 aromatic carbocycles. The van der Waals surface area contributed by atoms with Crippen molar-refractivity contribution in [2.45, 2.75) is 20.3 Å². The summed E-state index contributed by atoms with van der Waals surface area (Å²) < 4.78 is 0. The van der Waals surface area contributed by atoms with E-state index >= 15 is 0 Å². The molecule has 1 amide bonds. The van der Waals surface area contributed by atoms with Crippen molar-refractivity contribution in [1.29, 1.82) is 0 Å². The summed E-state index contributed by atoms with van der Waals surface area (Å²) in [6.07, 6.45) is 0.775. The fourth-order valence-electron chi connectivity index (χ4n) is 1.83. The molecule has 2 atom stereocenters. The highest BCUT2D eigenvalue weighted by Crippen LogP contribution is 2.14. The minimum Gasteiger partial charge on any atom is -0.481 e. The Hall–Kier alpha value is -1.84. The van der Waals surface area contributed by atoms with Crippen LogP contribution in [-0.2, 0) is 16.0 Å². The number of hydrogen-bond acceptors (Lipinski definition) is 2. The van der Waals surface area contributed by atoms with Crippen molar-refractivity contribution in [3.63, 3.8) is 0 Å². The molecule has 0 fully saturated rings. The SMILES string of the molecule is CC(C(=O)O)C(C)C(=O)N(C)CCc1ccccc1. The first-order valence-corrected chi connectivity index (χ1v) is 6.45. The molecule has 0 spiro atoms. The largest absolute Gasteiger partial charge is 0.481 e. The zero-order valence-electron chi connectivity index (χ0n) is 11.7. The maximum Gasteiger partial charge on any atom is 0.307 e. The van der Waals surface area contributed by atoms with Crippen LogP contribution < -0.4 is 0 Å². The van der Waals surface area contributed by atoms with Crippen LogP contribution in [0.3, 0.4) is 0 Å². The number of carboxylic acid groups (broad SMARTS) is 1. The maximum absolute atomic E-state index is 12.1. The average molecular weight is 263 g/mol. The molecule has 0 radical (unpaired) electrons. The van der Waals surface area contributed by atoms with Crippen LogP contribution in [0.5, 0.6) is 0 Å². The van der Waals surface area contributed by atoms with Gasteiger partial charge in [0.15, 0.2) is 0 Å². The lowest BCUT2D eigenvalue weighted by atomic mass is 9.95. The smallest absolute Gasteiger partial charge is 0.307 e. The Labute approximate surface area is 114 Å². The van der Waals surface area contributed by atoms with Gasteiger partial charge in [0.05, 0.1) is 5.92 Å². The third-order valence-electron chi connectivity index (χ3n) is 3.48. The molecule has 0 bridgehead atoms. The van der Waals surface area contributed by atoms with Crippen LogP contribution in [0.25, 0.3) is 0 Å². The van der Waals surface area contributed by atoms with Crippen LogP contribution in [0.4, 0.5) is 0 Å². The number of amides is 1. The molecule has 0 saturated carbocycles. The summed E-state index contributed by atoms with van der Waals surface area (Å²) in [5.41, 5.74) is 1.17. The Morgan fingerprint density at radius 2 is 1.74 bits per heavy atom. The van der Waals surface area contributed by atoms with Crippen LogP contribution in [0.15, 0.2) is 30.3 Å². The number of carboxylic acids is 1. The molecule has 19 heavy (non-hydrogen) atoms. The van der Waals surface area contributed by atoms with E-state index in [1.807, 2.05) is 30.3 Å².